The summed E-state index contributed by atoms with van der Waals surface area (Å²) in [5.74, 6) is 0.848. The number of halogens is 2. The Morgan fingerprint density at radius 3 is 2.65 bits per heavy atom. The van der Waals surface area contributed by atoms with Crippen LogP contribution in [0.1, 0.15) is 51.1 Å². The van der Waals surface area contributed by atoms with E-state index in [4.69, 9.17) is 11.6 Å². The van der Waals surface area contributed by atoms with Crippen molar-refractivity contribution in [1.82, 2.24) is 4.90 Å². The number of hydrogen-bond donors (Lipinski definition) is 0. The molecule has 0 saturated heterocycles. The van der Waals surface area contributed by atoms with Crippen LogP contribution < -0.4 is 0 Å². The van der Waals surface area contributed by atoms with Gasteiger partial charge in [0.15, 0.2) is 0 Å². The van der Waals surface area contributed by atoms with Crippen molar-refractivity contribution in [3.63, 3.8) is 0 Å². The zero-order chi connectivity index (χ0) is 15.0. The second-order valence-corrected chi connectivity index (χ2v) is 6.16. The average Bonchev–Trinajstić information content (AvgIpc) is 2.44. The average molecular weight is 361 g/mol. The van der Waals surface area contributed by atoms with Crippen LogP contribution >= 0.6 is 27.5 Å². The summed E-state index contributed by atoms with van der Waals surface area (Å²) in [6.45, 7) is 4.99. The molecule has 0 fully saturated rings. The van der Waals surface area contributed by atoms with Crippen LogP contribution in [0.25, 0.3) is 0 Å². The summed E-state index contributed by atoms with van der Waals surface area (Å²) in [7, 11) is 0. The Hall–Kier alpha value is -0.540. The van der Waals surface area contributed by atoms with Gasteiger partial charge in [0.25, 0.3) is 0 Å². The highest BCUT2D eigenvalue weighted by Crippen LogP contribution is 2.28. The lowest BCUT2D eigenvalue weighted by molar-refractivity contribution is -0.133. The van der Waals surface area contributed by atoms with Crippen LogP contribution in [-0.2, 0) is 4.79 Å². The first kappa shape index (κ1) is 17.5. The van der Waals surface area contributed by atoms with Gasteiger partial charge in [0.05, 0.1) is 6.04 Å². The highest BCUT2D eigenvalue weighted by molar-refractivity contribution is 9.10. The minimum Gasteiger partial charge on any atom is -0.336 e. The lowest BCUT2D eigenvalue weighted by Crippen LogP contribution is -2.34. The van der Waals surface area contributed by atoms with Gasteiger partial charge in [-0.3, -0.25) is 4.79 Å². The Labute approximate surface area is 135 Å². The van der Waals surface area contributed by atoms with Gasteiger partial charge in [-0.15, -0.1) is 11.6 Å². The van der Waals surface area contributed by atoms with Crippen LogP contribution in [0.3, 0.4) is 0 Å². The predicted octanol–water partition coefficient (Wildman–Crippen LogP) is 5.16. The molecule has 0 N–H and O–H groups in total. The third-order valence-electron chi connectivity index (χ3n) is 3.38. The quantitative estimate of drug-likeness (QED) is 0.463. The summed E-state index contributed by atoms with van der Waals surface area (Å²) >= 11 is 9.25. The van der Waals surface area contributed by atoms with Crippen molar-refractivity contribution >= 4 is 33.4 Å². The summed E-state index contributed by atoms with van der Waals surface area (Å²) in [6, 6.07) is 8.19. The van der Waals surface area contributed by atoms with E-state index in [9.17, 15) is 4.79 Å². The molecule has 2 nitrogen and oxygen atoms in total. The summed E-state index contributed by atoms with van der Waals surface area (Å²) in [5, 5.41) is 0. The molecule has 4 heteroatoms. The molecular weight excluding hydrogens is 338 g/mol. The molecule has 1 atom stereocenters. The zero-order valence-corrected chi connectivity index (χ0v) is 14.6. The number of unbranched alkanes of at least 4 members (excludes halogenated alkanes) is 1. The molecule has 1 rings (SSSR count). The molecule has 0 aliphatic rings. The Kier molecular flexibility index (Phi) is 8.24. The van der Waals surface area contributed by atoms with E-state index in [0.717, 1.165) is 35.8 Å². The number of carbonyl (C=O) groups excluding carboxylic acids is 1. The normalized spacial score (nSPS) is 12.2. The molecule has 0 aliphatic carbocycles. The lowest BCUT2D eigenvalue weighted by atomic mass is 10.1. The van der Waals surface area contributed by atoms with E-state index < -0.39 is 0 Å². The maximum absolute atomic E-state index is 12.4. The van der Waals surface area contributed by atoms with Crippen LogP contribution in [0.2, 0.25) is 0 Å². The largest absolute Gasteiger partial charge is 0.336 e. The lowest BCUT2D eigenvalue weighted by Gasteiger charge is -2.30. The number of carbonyl (C=O) groups is 1. The van der Waals surface area contributed by atoms with E-state index in [1.807, 2.05) is 23.1 Å². The fourth-order valence-corrected chi connectivity index (χ4v) is 3.08. The minimum atomic E-state index is 0.0917. The van der Waals surface area contributed by atoms with E-state index in [-0.39, 0.29) is 11.9 Å². The fourth-order valence-electron chi connectivity index (χ4n) is 2.27. The fraction of sp³-hybridized carbons (Fsp3) is 0.562. The van der Waals surface area contributed by atoms with Crippen molar-refractivity contribution in [1.29, 1.82) is 0 Å². The Balaban J connectivity index is 2.79. The first-order chi connectivity index (χ1) is 9.61. The Morgan fingerprint density at radius 1 is 1.35 bits per heavy atom. The van der Waals surface area contributed by atoms with Crippen molar-refractivity contribution < 1.29 is 4.79 Å². The van der Waals surface area contributed by atoms with Crippen LogP contribution in [0, 0.1) is 0 Å². The number of nitrogens with zero attached hydrogens (tertiary/aromatic N) is 1. The molecule has 0 saturated carbocycles. The summed E-state index contributed by atoms with van der Waals surface area (Å²) < 4.78 is 1.06. The van der Waals surface area contributed by atoms with Gasteiger partial charge < -0.3 is 4.90 Å². The van der Waals surface area contributed by atoms with Crippen LogP contribution in [-0.4, -0.2) is 23.2 Å². The van der Waals surface area contributed by atoms with Crippen molar-refractivity contribution in [2.75, 3.05) is 12.4 Å². The van der Waals surface area contributed by atoms with Crippen LogP contribution in [0.5, 0.6) is 0 Å². The molecule has 1 aromatic rings. The van der Waals surface area contributed by atoms with Crippen molar-refractivity contribution in [3.05, 3.63) is 34.3 Å². The third-order valence-corrected chi connectivity index (χ3v) is 4.37. The molecule has 0 bridgehead atoms. The van der Waals surface area contributed by atoms with E-state index in [0.29, 0.717) is 12.3 Å². The van der Waals surface area contributed by atoms with Crippen molar-refractivity contribution in [2.45, 2.75) is 45.6 Å². The van der Waals surface area contributed by atoms with Crippen molar-refractivity contribution in [2.24, 2.45) is 0 Å². The summed E-state index contributed by atoms with van der Waals surface area (Å²) in [4.78, 5) is 14.4. The van der Waals surface area contributed by atoms with E-state index in [2.05, 4.69) is 35.8 Å². The maximum atomic E-state index is 12.4. The first-order valence-electron chi connectivity index (χ1n) is 7.21. The minimum absolute atomic E-state index is 0.0917. The topological polar surface area (TPSA) is 20.3 Å². The van der Waals surface area contributed by atoms with Crippen molar-refractivity contribution in [3.8, 4) is 0 Å². The van der Waals surface area contributed by atoms with Gasteiger partial charge in [0, 0.05) is 23.3 Å². The van der Waals surface area contributed by atoms with Gasteiger partial charge in [-0.2, -0.15) is 0 Å². The number of amides is 1. The maximum Gasteiger partial charge on any atom is 0.223 e. The predicted molar refractivity (Wildman–Crippen MR) is 89.1 cm³/mol. The van der Waals surface area contributed by atoms with E-state index >= 15 is 0 Å². The molecule has 1 unspecified atom stereocenters. The summed E-state index contributed by atoms with van der Waals surface area (Å²) in [6.07, 6.45) is 3.32. The molecule has 1 amide bonds. The monoisotopic (exact) mass is 359 g/mol. The highest BCUT2D eigenvalue weighted by atomic mass is 79.9. The molecular formula is C16H23BrClNO. The standard InChI is InChI=1S/C16H23BrClNO/c1-3-12-19(16(20)10-6-7-11-18)13(2)14-8-4-5-9-15(14)17/h4-5,8-9,13H,3,6-7,10-12H2,1-2H3. The van der Waals surface area contributed by atoms with Gasteiger partial charge >= 0.3 is 0 Å². The Bertz CT molecular complexity index is 425. The van der Waals surface area contributed by atoms with Gasteiger partial charge in [-0.25, -0.2) is 0 Å². The molecule has 0 aliphatic heterocycles. The van der Waals surface area contributed by atoms with Gasteiger partial charge in [0.1, 0.15) is 0 Å². The van der Waals surface area contributed by atoms with Crippen LogP contribution in [0.4, 0.5) is 0 Å². The second kappa shape index (κ2) is 9.41. The molecule has 0 heterocycles. The van der Waals surface area contributed by atoms with Gasteiger partial charge in [-0.05, 0) is 37.8 Å². The van der Waals surface area contributed by atoms with E-state index in [1.165, 1.54) is 0 Å². The zero-order valence-electron chi connectivity index (χ0n) is 12.2. The molecule has 0 radical (unpaired) electrons. The number of benzene rings is 1. The van der Waals surface area contributed by atoms with Gasteiger partial charge in [-0.1, -0.05) is 41.1 Å². The number of hydrogen-bond acceptors (Lipinski definition) is 1. The van der Waals surface area contributed by atoms with Gasteiger partial charge in [0.2, 0.25) is 5.91 Å². The smallest absolute Gasteiger partial charge is 0.223 e. The molecule has 0 spiro atoms. The molecule has 20 heavy (non-hydrogen) atoms. The Morgan fingerprint density at radius 2 is 2.05 bits per heavy atom. The first-order valence-corrected chi connectivity index (χ1v) is 8.54. The number of rotatable bonds is 8. The molecule has 0 aromatic heterocycles. The second-order valence-electron chi connectivity index (χ2n) is 4.93. The molecule has 1 aromatic carbocycles. The SMILES string of the molecule is CCCN(C(=O)CCCCCl)C(C)c1ccccc1Br. The third kappa shape index (κ3) is 5.10. The van der Waals surface area contributed by atoms with Crippen LogP contribution in [0.15, 0.2) is 28.7 Å². The van der Waals surface area contributed by atoms with E-state index in [1.54, 1.807) is 0 Å². The summed E-state index contributed by atoms with van der Waals surface area (Å²) in [5.41, 5.74) is 1.16. The number of alkyl halides is 1. The molecule has 112 valence electrons. The highest BCUT2D eigenvalue weighted by Gasteiger charge is 2.21.